The van der Waals surface area contributed by atoms with E-state index in [2.05, 4.69) is 16.4 Å². The molecule has 132 valence electrons. The van der Waals surface area contributed by atoms with Crippen molar-refractivity contribution in [3.05, 3.63) is 46.3 Å². The van der Waals surface area contributed by atoms with E-state index in [9.17, 15) is 4.79 Å². The number of nitrogens with one attached hydrogen (secondary N) is 1. The molecule has 26 heavy (non-hydrogen) atoms. The third-order valence-corrected chi connectivity index (χ3v) is 5.32. The Hall–Kier alpha value is -2.89. The maximum Gasteiger partial charge on any atom is 0.231 e. The Labute approximate surface area is 158 Å². The van der Waals surface area contributed by atoms with Crippen LogP contribution in [0, 0.1) is 11.3 Å². The van der Waals surface area contributed by atoms with E-state index >= 15 is 0 Å². The van der Waals surface area contributed by atoms with Crippen molar-refractivity contribution >= 4 is 33.6 Å². The SMILES string of the molecule is COc1cccc(-c2nc(CC(=O)Nc3sccc3C#N)cs2)c1OC. The van der Waals surface area contributed by atoms with Crippen molar-refractivity contribution in [2.24, 2.45) is 0 Å². The summed E-state index contributed by atoms with van der Waals surface area (Å²) in [4.78, 5) is 16.8. The Bertz CT molecular complexity index is 972. The van der Waals surface area contributed by atoms with Gasteiger partial charge in [0.2, 0.25) is 5.91 Å². The van der Waals surface area contributed by atoms with E-state index < -0.39 is 0 Å². The first-order chi connectivity index (χ1) is 12.7. The van der Waals surface area contributed by atoms with Crippen LogP contribution in [0.1, 0.15) is 11.3 Å². The number of hydrogen-bond donors (Lipinski definition) is 1. The van der Waals surface area contributed by atoms with Gasteiger partial charge in [-0.05, 0) is 23.6 Å². The van der Waals surface area contributed by atoms with E-state index in [0.717, 1.165) is 10.6 Å². The molecule has 0 aliphatic rings. The first-order valence-corrected chi connectivity index (χ1v) is 9.35. The molecule has 6 nitrogen and oxygen atoms in total. The zero-order valence-corrected chi connectivity index (χ0v) is 15.7. The molecule has 1 amide bonds. The van der Waals surface area contributed by atoms with Crippen molar-refractivity contribution in [2.75, 3.05) is 19.5 Å². The van der Waals surface area contributed by atoms with Gasteiger partial charge < -0.3 is 14.8 Å². The second kappa shape index (κ2) is 7.99. The minimum absolute atomic E-state index is 0.131. The van der Waals surface area contributed by atoms with Gasteiger partial charge in [0.15, 0.2) is 11.5 Å². The number of amides is 1. The van der Waals surface area contributed by atoms with Crippen LogP contribution in [0.2, 0.25) is 0 Å². The molecule has 0 atom stereocenters. The monoisotopic (exact) mass is 385 g/mol. The van der Waals surface area contributed by atoms with Crippen LogP contribution in [0.4, 0.5) is 5.00 Å². The number of thiophene rings is 1. The normalized spacial score (nSPS) is 10.2. The molecule has 0 spiro atoms. The second-order valence-electron chi connectivity index (χ2n) is 5.19. The highest BCUT2D eigenvalue weighted by molar-refractivity contribution is 7.14. The zero-order chi connectivity index (χ0) is 18.5. The highest BCUT2D eigenvalue weighted by Crippen LogP contribution is 2.39. The Morgan fingerprint density at radius 3 is 2.85 bits per heavy atom. The Balaban J connectivity index is 1.77. The van der Waals surface area contributed by atoms with Crippen LogP contribution in [-0.2, 0) is 11.2 Å². The van der Waals surface area contributed by atoms with Crippen molar-refractivity contribution in [3.8, 4) is 28.1 Å². The third kappa shape index (κ3) is 3.69. The summed E-state index contributed by atoms with van der Waals surface area (Å²) in [7, 11) is 3.16. The smallest absolute Gasteiger partial charge is 0.231 e. The summed E-state index contributed by atoms with van der Waals surface area (Å²) in [5.41, 5.74) is 1.93. The molecule has 0 saturated carbocycles. The molecule has 0 bridgehead atoms. The van der Waals surface area contributed by atoms with Crippen LogP contribution >= 0.6 is 22.7 Å². The number of thiazole rings is 1. The number of nitriles is 1. The number of methoxy groups -OCH3 is 2. The Morgan fingerprint density at radius 1 is 1.27 bits per heavy atom. The summed E-state index contributed by atoms with van der Waals surface area (Å²) in [5, 5.41) is 16.7. The summed E-state index contributed by atoms with van der Waals surface area (Å²) in [5.74, 6) is 1.03. The number of hydrogen-bond acceptors (Lipinski definition) is 7. The van der Waals surface area contributed by atoms with E-state index in [-0.39, 0.29) is 12.3 Å². The standard InChI is InChI=1S/C18H15N3O3S2/c1-23-14-5-3-4-13(16(14)24-2)18-20-12(10-26-18)8-15(22)21-17-11(9-19)6-7-25-17/h3-7,10H,8H2,1-2H3,(H,21,22). The van der Waals surface area contributed by atoms with Crippen molar-refractivity contribution in [1.29, 1.82) is 5.26 Å². The van der Waals surface area contributed by atoms with Gasteiger partial charge in [0.05, 0.1) is 37.5 Å². The lowest BCUT2D eigenvalue weighted by molar-refractivity contribution is -0.115. The number of carbonyl (C=O) groups excluding carboxylic acids is 1. The molecule has 0 saturated heterocycles. The molecule has 3 rings (SSSR count). The number of anilines is 1. The molecule has 2 aromatic heterocycles. The Morgan fingerprint density at radius 2 is 2.12 bits per heavy atom. The number of aromatic nitrogens is 1. The molecule has 0 unspecified atom stereocenters. The van der Waals surface area contributed by atoms with Gasteiger partial charge >= 0.3 is 0 Å². The first kappa shape index (κ1) is 17.9. The zero-order valence-electron chi connectivity index (χ0n) is 14.1. The molecule has 1 aromatic carbocycles. The molecular formula is C18H15N3O3S2. The molecule has 8 heteroatoms. The predicted molar refractivity (Wildman–Crippen MR) is 102 cm³/mol. The van der Waals surface area contributed by atoms with Gasteiger partial charge in [0, 0.05) is 5.38 Å². The van der Waals surface area contributed by atoms with Gasteiger partial charge in [-0.25, -0.2) is 4.98 Å². The van der Waals surface area contributed by atoms with E-state index in [4.69, 9.17) is 14.7 Å². The third-order valence-electron chi connectivity index (χ3n) is 3.57. The van der Waals surface area contributed by atoms with Crippen LogP contribution in [0.25, 0.3) is 10.6 Å². The maximum absolute atomic E-state index is 12.2. The fraction of sp³-hybridized carbons (Fsp3) is 0.167. The molecule has 3 aromatic rings. The number of para-hydroxylation sites is 1. The van der Waals surface area contributed by atoms with E-state index in [1.54, 1.807) is 25.7 Å². The van der Waals surface area contributed by atoms with Gasteiger partial charge in [-0.1, -0.05) is 6.07 Å². The van der Waals surface area contributed by atoms with Crippen LogP contribution in [0.3, 0.4) is 0 Å². The van der Waals surface area contributed by atoms with Crippen LogP contribution in [0.5, 0.6) is 11.5 Å². The van der Waals surface area contributed by atoms with E-state index in [1.807, 2.05) is 23.6 Å². The number of nitrogens with zero attached hydrogens (tertiary/aromatic N) is 2. The first-order valence-electron chi connectivity index (χ1n) is 7.59. The molecule has 0 radical (unpaired) electrons. The van der Waals surface area contributed by atoms with Crippen LogP contribution < -0.4 is 14.8 Å². The summed E-state index contributed by atoms with van der Waals surface area (Å²) >= 11 is 2.75. The van der Waals surface area contributed by atoms with Crippen molar-refractivity contribution in [1.82, 2.24) is 4.98 Å². The van der Waals surface area contributed by atoms with Crippen LogP contribution in [-0.4, -0.2) is 25.1 Å². The van der Waals surface area contributed by atoms with Gasteiger partial charge in [-0.15, -0.1) is 22.7 Å². The van der Waals surface area contributed by atoms with Crippen LogP contribution in [0.15, 0.2) is 35.0 Å². The molecule has 0 aliphatic heterocycles. The van der Waals surface area contributed by atoms with Crippen molar-refractivity contribution < 1.29 is 14.3 Å². The average molecular weight is 385 g/mol. The average Bonchev–Trinajstić information content (AvgIpc) is 3.29. The predicted octanol–water partition coefficient (Wildman–Crippen LogP) is 3.94. The fourth-order valence-corrected chi connectivity index (χ4v) is 3.99. The highest BCUT2D eigenvalue weighted by Gasteiger charge is 2.16. The summed E-state index contributed by atoms with van der Waals surface area (Å²) in [6, 6.07) is 9.31. The lowest BCUT2D eigenvalue weighted by Crippen LogP contribution is -2.14. The number of carbonyl (C=O) groups is 1. The summed E-state index contributed by atoms with van der Waals surface area (Å²) < 4.78 is 10.8. The second-order valence-corrected chi connectivity index (χ2v) is 6.96. The number of rotatable bonds is 6. The molecule has 1 N–H and O–H groups in total. The Kier molecular flexibility index (Phi) is 5.51. The van der Waals surface area contributed by atoms with E-state index in [1.165, 1.54) is 22.7 Å². The van der Waals surface area contributed by atoms with Gasteiger partial charge in [0.25, 0.3) is 0 Å². The lowest BCUT2D eigenvalue weighted by atomic mass is 10.2. The van der Waals surface area contributed by atoms with Gasteiger partial charge in [-0.2, -0.15) is 5.26 Å². The van der Waals surface area contributed by atoms with Crippen molar-refractivity contribution in [3.63, 3.8) is 0 Å². The largest absolute Gasteiger partial charge is 0.493 e. The summed E-state index contributed by atoms with van der Waals surface area (Å²) in [6.07, 6.45) is 0.131. The van der Waals surface area contributed by atoms with E-state index in [0.29, 0.717) is 27.8 Å². The molecule has 2 heterocycles. The summed E-state index contributed by atoms with van der Waals surface area (Å²) in [6.45, 7) is 0. The van der Waals surface area contributed by atoms with Gasteiger partial charge in [0.1, 0.15) is 16.1 Å². The minimum Gasteiger partial charge on any atom is -0.493 e. The topological polar surface area (TPSA) is 84.2 Å². The minimum atomic E-state index is -0.210. The van der Waals surface area contributed by atoms with Gasteiger partial charge in [-0.3, -0.25) is 4.79 Å². The lowest BCUT2D eigenvalue weighted by Gasteiger charge is -2.10. The molecule has 0 fully saturated rings. The quantitative estimate of drug-likeness (QED) is 0.695. The number of ether oxygens (including phenoxy) is 2. The highest BCUT2D eigenvalue weighted by atomic mass is 32.1. The molecule has 0 aliphatic carbocycles. The fourth-order valence-electron chi connectivity index (χ4n) is 2.40. The number of benzene rings is 1. The van der Waals surface area contributed by atoms with Crippen molar-refractivity contribution in [2.45, 2.75) is 6.42 Å². The molecular weight excluding hydrogens is 370 g/mol. The maximum atomic E-state index is 12.2.